The van der Waals surface area contributed by atoms with Gasteiger partial charge < -0.3 is 0 Å². The van der Waals surface area contributed by atoms with E-state index in [0.717, 1.165) is 42.1 Å². The predicted octanol–water partition coefficient (Wildman–Crippen LogP) is 7.61. The lowest BCUT2D eigenvalue weighted by Crippen LogP contribution is -2.24. The highest BCUT2D eigenvalue weighted by atomic mass is 32.2. The lowest BCUT2D eigenvalue weighted by molar-refractivity contribution is 0.182. The Morgan fingerprint density at radius 2 is 1.57 bits per heavy atom. The molecule has 0 radical (unpaired) electrons. The largest absolute Gasteiger partial charge is 0.206 e. The molecule has 158 valence electrons. The predicted molar refractivity (Wildman–Crippen MR) is 118 cm³/mol. The first-order valence-corrected chi connectivity index (χ1v) is 12.1. The van der Waals surface area contributed by atoms with Crippen molar-refractivity contribution in [2.75, 3.05) is 0 Å². The second-order valence-electron chi connectivity index (χ2n) is 9.43. The van der Waals surface area contributed by atoms with Crippen LogP contribution in [0.15, 0.2) is 28.2 Å². The number of rotatable bonds is 4. The average Bonchev–Trinajstić information content (AvgIpc) is 3.54. The van der Waals surface area contributed by atoms with Crippen molar-refractivity contribution in [3.63, 3.8) is 0 Å². The number of thiocyanates is 1. The summed E-state index contributed by atoms with van der Waals surface area (Å²) >= 11 is 0.501. The fraction of sp³-hybridized carbons (Fsp3) is 0.577. The molecule has 0 aliphatic heterocycles. The Kier molecular flexibility index (Phi) is 6.84. The van der Waals surface area contributed by atoms with E-state index in [-0.39, 0.29) is 4.90 Å². The van der Waals surface area contributed by atoms with Crippen molar-refractivity contribution >= 4 is 11.8 Å². The molecule has 2 saturated carbocycles. The highest BCUT2D eigenvalue weighted by molar-refractivity contribution is 8.03. The molecule has 3 aliphatic carbocycles. The van der Waals surface area contributed by atoms with Crippen LogP contribution in [0.25, 0.3) is 0 Å². The van der Waals surface area contributed by atoms with E-state index < -0.39 is 11.6 Å². The lowest BCUT2D eigenvalue weighted by atomic mass is 9.69. The molecule has 1 aromatic carbocycles. The molecule has 1 unspecified atom stereocenters. The Bertz CT molecular complexity index is 898. The zero-order valence-corrected chi connectivity index (χ0v) is 18.5. The monoisotopic (exact) mass is 425 g/mol. The second kappa shape index (κ2) is 9.57. The Hall–Kier alpha value is -1.78. The van der Waals surface area contributed by atoms with E-state index in [9.17, 15) is 8.78 Å². The van der Waals surface area contributed by atoms with Gasteiger partial charge in [-0.3, -0.25) is 0 Å². The summed E-state index contributed by atoms with van der Waals surface area (Å²) in [5.41, 5.74) is 2.80. The van der Waals surface area contributed by atoms with Crippen LogP contribution in [0.4, 0.5) is 8.78 Å². The van der Waals surface area contributed by atoms with Gasteiger partial charge in [-0.05, 0) is 93.0 Å². The quantitative estimate of drug-likeness (QED) is 0.281. The van der Waals surface area contributed by atoms with Crippen LogP contribution in [0.1, 0.15) is 76.7 Å². The summed E-state index contributed by atoms with van der Waals surface area (Å²) < 4.78 is 28.0. The van der Waals surface area contributed by atoms with Gasteiger partial charge in [0, 0.05) is 11.1 Å². The van der Waals surface area contributed by atoms with Crippen LogP contribution < -0.4 is 0 Å². The minimum Gasteiger partial charge on any atom is -0.206 e. The maximum absolute atomic E-state index is 14.0. The smallest absolute Gasteiger partial charge is 0.142 e. The molecule has 30 heavy (non-hydrogen) atoms. The van der Waals surface area contributed by atoms with Gasteiger partial charge in [0.2, 0.25) is 0 Å². The Morgan fingerprint density at radius 3 is 2.13 bits per heavy atom. The van der Waals surface area contributed by atoms with Gasteiger partial charge in [0.05, 0.1) is 4.90 Å². The summed E-state index contributed by atoms with van der Waals surface area (Å²) in [7, 11) is 0. The van der Waals surface area contributed by atoms with E-state index in [1.165, 1.54) is 69.1 Å². The first kappa shape index (κ1) is 21.5. The average molecular weight is 426 g/mol. The van der Waals surface area contributed by atoms with Crippen LogP contribution in [0, 0.1) is 57.8 Å². The fourth-order valence-electron chi connectivity index (χ4n) is 5.38. The molecule has 0 heterocycles. The van der Waals surface area contributed by atoms with E-state index >= 15 is 0 Å². The van der Waals surface area contributed by atoms with Crippen LogP contribution in [-0.4, -0.2) is 0 Å². The van der Waals surface area contributed by atoms with E-state index in [0.29, 0.717) is 17.3 Å². The van der Waals surface area contributed by atoms with Crippen molar-refractivity contribution in [1.29, 1.82) is 5.26 Å². The topological polar surface area (TPSA) is 23.8 Å². The summed E-state index contributed by atoms with van der Waals surface area (Å²) in [5.74, 6) is 8.33. The summed E-state index contributed by atoms with van der Waals surface area (Å²) in [6.45, 7) is 2.17. The van der Waals surface area contributed by atoms with Crippen LogP contribution in [0.5, 0.6) is 0 Å². The van der Waals surface area contributed by atoms with E-state index in [1.807, 2.05) is 0 Å². The van der Waals surface area contributed by atoms with Gasteiger partial charge in [-0.25, -0.2) is 8.78 Å². The van der Waals surface area contributed by atoms with E-state index in [1.54, 1.807) is 5.40 Å². The fourth-order valence-corrected chi connectivity index (χ4v) is 5.78. The van der Waals surface area contributed by atoms with Gasteiger partial charge in [0.15, 0.2) is 0 Å². The number of nitrogens with zero attached hydrogens (tertiary/aromatic N) is 1. The molecule has 0 N–H and O–H groups in total. The van der Waals surface area contributed by atoms with Gasteiger partial charge in [-0.2, -0.15) is 5.26 Å². The number of thioether (sulfide) groups is 1. The minimum absolute atomic E-state index is 0.259. The van der Waals surface area contributed by atoms with Crippen molar-refractivity contribution in [2.24, 2.45) is 23.7 Å². The van der Waals surface area contributed by atoms with Crippen LogP contribution in [-0.2, 0) is 0 Å². The van der Waals surface area contributed by atoms with Crippen LogP contribution in [0.2, 0.25) is 0 Å². The van der Waals surface area contributed by atoms with Gasteiger partial charge in [-0.1, -0.05) is 43.1 Å². The Labute approximate surface area is 183 Å². The number of halogens is 2. The molecule has 4 heteroatoms. The molecular weight excluding hydrogens is 396 g/mol. The molecule has 2 fully saturated rings. The van der Waals surface area contributed by atoms with Crippen molar-refractivity contribution in [1.82, 2.24) is 0 Å². The first-order chi connectivity index (χ1) is 14.5. The highest BCUT2D eigenvalue weighted by Gasteiger charge is 2.32. The van der Waals surface area contributed by atoms with Gasteiger partial charge >= 0.3 is 0 Å². The maximum Gasteiger partial charge on any atom is 0.142 e. The zero-order valence-electron chi connectivity index (χ0n) is 17.6. The van der Waals surface area contributed by atoms with Crippen molar-refractivity contribution in [3.05, 3.63) is 40.5 Å². The van der Waals surface area contributed by atoms with E-state index in [2.05, 4.69) is 18.8 Å². The number of allylic oxidation sites excluding steroid dienone is 2. The third kappa shape index (κ3) is 5.28. The Morgan fingerprint density at radius 1 is 0.933 bits per heavy atom. The van der Waals surface area contributed by atoms with Gasteiger partial charge in [-0.15, -0.1) is 0 Å². The molecule has 3 aliphatic rings. The normalized spacial score (nSPS) is 26.7. The number of hydrogen-bond donors (Lipinski definition) is 0. The van der Waals surface area contributed by atoms with Crippen molar-refractivity contribution in [3.8, 4) is 17.2 Å². The summed E-state index contributed by atoms with van der Waals surface area (Å²) in [4.78, 5) is -0.259. The molecule has 0 bridgehead atoms. The molecular formula is C26H29F2NS. The number of benzene rings is 1. The molecule has 0 saturated heterocycles. The SMILES string of the molecule is CC1=C(C#Cc2cc(F)c(SC#N)c(F)c2)CCC(C2CCC(CC3CC3)CC2)C1. The number of nitriles is 1. The minimum atomic E-state index is -0.724. The highest BCUT2D eigenvalue weighted by Crippen LogP contribution is 2.45. The molecule has 1 aromatic rings. The third-order valence-electron chi connectivity index (χ3n) is 7.27. The molecule has 0 aromatic heterocycles. The Balaban J connectivity index is 1.36. The van der Waals surface area contributed by atoms with Gasteiger partial charge in [0.25, 0.3) is 0 Å². The summed E-state index contributed by atoms with van der Waals surface area (Å²) in [6, 6.07) is 2.44. The van der Waals surface area contributed by atoms with E-state index in [4.69, 9.17) is 5.26 Å². The second-order valence-corrected chi connectivity index (χ2v) is 10.2. The van der Waals surface area contributed by atoms with Gasteiger partial charge in [0.1, 0.15) is 17.0 Å². The molecule has 1 nitrogen and oxygen atoms in total. The zero-order chi connectivity index (χ0) is 21.1. The van der Waals surface area contributed by atoms with Crippen LogP contribution in [0.3, 0.4) is 0 Å². The number of hydrogen-bond acceptors (Lipinski definition) is 2. The molecule has 1 atom stereocenters. The first-order valence-electron chi connectivity index (χ1n) is 11.3. The summed E-state index contributed by atoms with van der Waals surface area (Å²) in [5, 5.41) is 10.4. The molecule has 0 spiro atoms. The molecule has 0 amide bonds. The third-order valence-corrected chi connectivity index (χ3v) is 7.96. The van der Waals surface area contributed by atoms with Crippen LogP contribution >= 0.6 is 11.8 Å². The molecule has 4 rings (SSSR count). The van der Waals surface area contributed by atoms with Crippen molar-refractivity contribution < 1.29 is 8.78 Å². The lowest BCUT2D eigenvalue weighted by Gasteiger charge is -2.36. The standard InChI is InChI=1S/C26H29F2NS/c1-17-12-23(22-8-4-19(5-9-22)13-18-2-3-18)11-10-21(17)7-6-20-14-24(27)26(30-16-29)25(28)15-20/h14-15,18-19,22-23H,2-5,8-13H2,1H3. The maximum atomic E-state index is 14.0. The summed E-state index contributed by atoms with van der Waals surface area (Å²) in [6.07, 6.45) is 13.3. The van der Waals surface area contributed by atoms with Crippen molar-refractivity contribution in [2.45, 2.75) is 76.0 Å².